The van der Waals surface area contributed by atoms with Gasteiger partial charge in [-0.3, -0.25) is 4.79 Å². The molecule has 1 aliphatic carbocycles. The maximum atomic E-state index is 13.1. The van der Waals surface area contributed by atoms with E-state index in [1.807, 2.05) is 6.92 Å². The molecule has 0 aromatic rings. The van der Waals surface area contributed by atoms with Crippen LogP contribution in [0.4, 0.5) is 0 Å². The smallest absolute Gasteiger partial charge is 0.227 e. The van der Waals surface area contributed by atoms with E-state index in [0.29, 0.717) is 19.5 Å². The summed E-state index contributed by atoms with van der Waals surface area (Å²) in [5, 5.41) is 3.16. The molecule has 0 bridgehead atoms. The van der Waals surface area contributed by atoms with Gasteiger partial charge in [-0.25, -0.2) is 8.42 Å². The summed E-state index contributed by atoms with van der Waals surface area (Å²) in [6.07, 6.45) is 7.96. The van der Waals surface area contributed by atoms with Crippen LogP contribution in [0.5, 0.6) is 0 Å². The third kappa shape index (κ3) is 3.88. The highest BCUT2D eigenvalue weighted by molar-refractivity contribution is 7.89. The summed E-state index contributed by atoms with van der Waals surface area (Å²) in [6.45, 7) is 6.19. The summed E-state index contributed by atoms with van der Waals surface area (Å²) < 4.78 is 26.5. The van der Waals surface area contributed by atoms with Crippen LogP contribution in [-0.4, -0.2) is 68.0 Å². The second-order valence-corrected chi connectivity index (χ2v) is 9.89. The Kier molecular flexibility index (Phi) is 6.06. The molecule has 0 radical (unpaired) electrons. The fourth-order valence-electron chi connectivity index (χ4n) is 5.04. The number of rotatable bonds is 5. The van der Waals surface area contributed by atoms with Crippen molar-refractivity contribution in [3.05, 3.63) is 0 Å². The summed E-state index contributed by atoms with van der Waals surface area (Å²) in [7, 11) is -3.21. The largest absolute Gasteiger partial charge is 0.354 e. The predicted octanol–water partition coefficient (Wildman–Crippen LogP) is 1.57. The van der Waals surface area contributed by atoms with Gasteiger partial charge in [-0.05, 0) is 45.2 Å². The molecule has 25 heavy (non-hydrogen) atoms. The lowest BCUT2D eigenvalue weighted by Gasteiger charge is -2.50. The minimum atomic E-state index is -3.21. The summed E-state index contributed by atoms with van der Waals surface area (Å²) in [5.74, 6) is 0.194. The van der Waals surface area contributed by atoms with Gasteiger partial charge in [0, 0.05) is 25.7 Å². The van der Waals surface area contributed by atoms with Gasteiger partial charge in [-0.15, -0.1) is 0 Å². The van der Waals surface area contributed by atoms with Gasteiger partial charge in [-0.1, -0.05) is 26.2 Å². The first-order valence-electron chi connectivity index (χ1n) is 10.00. The van der Waals surface area contributed by atoms with Crippen molar-refractivity contribution in [2.75, 3.05) is 38.5 Å². The highest BCUT2D eigenvalue weighted by Crippen LogP contribution is 2.46. The fourth-order valence-corrected chi connectivity index (χ4v) is 6.98. The standard InChI is InChI=1S/C18H33N3O3S/c1-2-21-16-8-4-5-9-18(16,10-15-25(21,23)24)17(22)19-11-14-20-12-6-3-7-13-20/h16H,2-15H2,1H3,(H,19,22)/t16-,18-/m1/s1. The Morgan fingerprint density at radius 2 is 1.88 bits per heavy atom. The van der Waals surface area contributed by atoms with E-state index in [4.69, 9.17) is 0 Å². The second kappa shape index (κ2) is 7.92. The lowest BCUT2D eigenvalue weighted by molar-refractivity contribution is -0.137. The molecule has 3 aliphatic rings. The number of hydrogen-bond acceptors (Lipinski definition) is 4. The van der Waals surface area contributed by atoms with Gasteiger partial charge in [0.1, 0.15) is 0 Å². The lowest BCUT2D eigenvalue weighted by Crippen LogP contribution is -2.62. The molecule has 6 nitrogen and oxygen atoms in total. The average molecular weight is 372 g/mol. The van der Waals surface area contributed by atoms with Crippen LogP contribution >= 0.6 is 0 Å². The van der Waals surface area contributed by atoms with Crippen LogP contribution in [0.3, 0.4) is 0 Å². The molecule has 3 rings (SSSR count). The molecule has 144 valence electrons. The minimum Gasteiger partial charge on any atom is -0.354 e. The zero-order chi connectivity index (χ0) is 17.9. The van der Waals surface area contributed by atoms with E-state index < -0.39 is 15.4 Å². The quantitative estimate of drug-likeness (QED) is 0.796. The van der Waals surface area contributed by atoms with Crippen molar-refractivity contribution in [1.82, 2.24) is 14.5 Å². The second-order valence-electron chi connectivity index (χ2n) is 7.85. The molecule has 2 aliphatic heterocycles. The molecule has 3 fully saturated rings. The first-order chi connectivity index (χ1) is 12.0. The Labute approximate surface area is 152 Å². The zero-order valence-corrected chi connectivity index (χ0v) is 16.3. The highest BCUT2D eigenvalue weighted by atomic mass is 32.2. The van der Waals surface area contributed by atoms with Gasteiger partial charge in [0.2, 0.25) is 15.9 Å². The molecule has 0 aromatic carbocycles. The van der Waals surface area contributed by atoms with Gasteiger partial charge in [0.15, 0.2) is 0 Å². The van der Waals surface area contributed by atoms with E-state index in [1.54, 1.807) is 4.31 Å². The molecular weight excluding hydrogens is 338 g/mol. The summed E-state index contributed by atoms with van der Waals surface area (Å²) in [4.78, 5) is 15.5. The Morgan fingerprint density at radius 1 is 1.12 bits per heavy atom. The molecule has 1 amide bonds. The van der Waals surface area contributed by atoms with E-state index in [2.05, 4.69) is 10.2 Å². The number of nitrogens with one attached hydrogen (secondary N) is 1. The molecule has 1 saturated carbocycles. The van der Waals surface area contributed by atoms with Crippen LogP contribution < -0.4 is 5.32 Å². The number of nitrogens with zero attached hydrogens (tertiary/aromatic N) is 2. The topological polar surface area (TPSA) is 69.7 Å². The lowest BCUT2D eigenvalue weighted by atomic mass is 9.67. The molecule has 7 heteroatoms. The number of likely N-dealkylation sites (tertiary alicyclic amines) is 1. The van der Waals surface area contributed by atoms with Crippen molar-refractivity contribution in [2.24, 2.45) is 5.41 Å². The van der Waals surface area contributed by atoms with Gasteiger partial charge < -0.3 is 10.2 Å². The van der Waals surface area contributed by atoms with E-state index in [0.717, 1.165) is 45.3 Å². The Hall–Kier alpha value is -0.660. The Bertz CT molecular complexity index is 574. The first-order valence-corrected chi connectivity index (χ1v) is 11.6. The number of carbonyl (C=O) groups is 1. The average Bonchev–Trinajstić information content (AvgIpc) is 2.62. The van der Waals surface area contributed by atoms with Gasteiger partial charge in [0.25, 0.3) is 0 Å². The zero-order valence-electron chi connectivity index (χ0n) is 15.5. The molecule has 0 spiro atoms. The third-order valence-corrected chi connectivity index (χ3v) is 8.37. The van der Waals surface area contributed by atoms with E-state index in [-0.39, 0.29) is 17.7 Å². The normalized spacial score (nSPS) is 33.6. The molecule has 2 atom stereocenters. The molecule has 0 aromatic heterocycles. The summed E-state index contributed by atoms with van der Waals surface area (Å²) >= 11 is 0. The Balaban J connectivity index is 1.65. The van der Waals surface area contributed by atoms with Crippen LogP contribution in [0.2, 0.25) is 0 Å². The maximum Gasteiger partial charge on any atom is 0.227 e. The number of sulfonamides is 1. The fraction of sp³-hybridized carbons (Fsp3) is 0.944. The maximum absolute atomic E-state index is 13.1. The number of carbonyl (C=O) groups excluding carboxylic acids is 1. The van der Waals surface area contributed by atoms with E-state index >= 15 is 0 Å². The van der Waals surface area contributed by atoms with Crippen molar-refractivity contribution in [3.63, 3.8) is 0 Å². The SMILES string of the molecule is CCN1[C@@H]2CCCC[C@@]2(C(=O)NCCN2CCCCC2)CCS1(=O)=O. The van der Waals surface area contributed by atoms with Crippen LogP contribution in [0.25, 0.3) is 0 Å². The van der Waals surface area contributed by atoms with E-state index in [9.17, 15) is 13.2 Å². The van der Waals surface area contributed by atoms with Crippen molar-refractivity contribution < 1.29 is 13.2 Å². The molecule has 0 unspecified atom stereocenters. The van der Waals surface area contributed by atoms with Gasteiger partial charge in [0.05, 0.1) is 11.2 Å². The number of hydrogen-bond donors (Lipinski definition) is 1. The predicted molar refractivity (Wildman–Crippen MR) is 98.8 cm³/mol. The van der Waals surface area contributed by atoms with Crippen molar-refractivity contribution in [2.45, 2.75) is 64.3 Å². The van der Waals surface area contributed by atoms with E-state index in [1.165, 1.54) is 19.3 Å². The Morgan fingerprint density at radius 3 is 2.60 bits per heavy atom. The van der Waals surface area contributed by atoms with Crippen LogP contribution in [0, 0.1) is 5.41 Å². The van der Waals surface area contributed by atoms with Crippen LogP contribution in [0.15, 0.2) is 0 Å². The highest BCUT2D eigenvalue weighted by Gasteiger charge is 2.54. The van der Waals surface area contributed by atoms with Gasteiger partial charge in [-0.2, -0.15) is 4.31 Å². The first kappa shape index (κ1) is 19.1. The van der Waals surface area contributed by atoms with Crippen LogP contribution in [-0.2, 0) is 14.8 Å². The molecule has 2 heterocycles. The van der Waals surface area contributed by atoms with Crippen molar-refractivity contribution in [3.8, 4) is 0 Å². The van der Waals surface area contributed by atoms with Crippen LogP contribution in [0.1, 0.15) is 58.3 Å². The molecular formula is C18H33N3O3S. The third-order valence-electron chi connectivity index (χ3n) is 6.43. The summed E-state index contributed by atoms with van der Waals surface area (Å²) in [6, 6.07) is -0.153. The van der Waals surface area contributed by atoms with Crippen molar-refractivity contribution in [1.29, 1.82) is 0 Å². The van der Waals surface area contributed by atoms with Gasteiger partial charge >= 0.3 is 0 Å². The number of amides is 1. The number of fused-ring (bicyclic) bond motifs is 1. The molecule has 2 saturated heterocycles. The number of piperidine rings is 1. The molecule has 1 N–H and O–H groups in total. The van der Waals surface area contributed by atoms with Crippen molar-refractivity contribution >= 4 is 15.9 Å². The summed E-state index contributed by atoms with van der Waals surface area (Å²) in [5.41, 5.74) is -0.512. The minimum absolute atomic E-state index is 0.0857. The monoisotopic (exact) mass is 371 g/mol.